The van der Waals surface area contributed by atoms with Crippen LogP contribution in [0.25, 0.3) is 5.69 Å². The molecule has 3 nitrogen and oxygen atoms in total. The zero-order chi connectivity index (χ0) is 14.7. The number of benzene rings is 1. The predicted molar refractivity (Wildman–Crippen MR) is 79.8 cm³/mol. The fraction of sp³-hybridized carbons (Fsp3) is 0.438. The SMILES string of the molecule is Cc1nn(-c2ccc(F)cc2)c(C)c1CCNC(C)C. The molecule has 1 heterocycles. The molecule has 0 fully saturated rings. The first-order valence-corrected chi connectivity index (χ1v) is 7.03. The van der Waals surface area contributed by atoms with Crippen LogP contribution in [-0.4, -0.2) is 22.4 Å². The van der Waals surface area contributed by atoms with Crippen LogP contribution in [0.15, 0.2) is 24.3 Å². The molecule has 108 valence electrons. The van der Waals surface area contributed by atoms with Crippen LogP contribution in [0, 0.1) is 19.7 Å². The second kappa shape index (κ2) is 6.18. The largest absolute Gasteiger partial charge is 0.314 e. The van der Waals surface area contributed by atoms with E-state index in [1.54, 1.807) is 12.1 Å². The van der Waals surface area contributed by atoms with Gasteiger partial charge in [-0.3, -0.25) is 0 Å². The molecule has 2 rings (SSSR count). The highest BCUT2D eigenvalue weighted by Crippen LogP contribution is 2.18. The molecule has 1 aromatic carbocycles. The summed E-state index contributed by atoms with van der Waals surface area (Å²) >= 11 is 0. The molecule has 0 spiro atoms. The molecule has 0 amide bonds. The van der Waals surface area contributed by atoms with Gasteiger partial charge < -0.3 is 5.32 Å². The fourth-order valence-corrected chi connectivity index (χ4v) is 2.36. The van der Waals surface area contributed by atoms with E-state index < -0.39 is 0 Å². The second-order valence-electron chi connectivity index (χ2n) is 5.40. The van der Waals surface area contributed by atoms with E-state index in [9.17, 15) is 4.39 Å². The number of rotatable bonds is 5. The van der Waals surface area contributed by atoms with Gasteiger partial charge in [0, 0.05) is 11.7 Å². The molecule has 0 atom stereocenters. The lowest BCUT2D eigenvalue weighted by Crippen LogP contribution is -2.25. The van der Waals surface area contributed by atoms with Gasteiger partial charge in [-0.1, -0.05) is 13.8 Å². The summed E-state index contributed by atoms with van der Waals surface area (Å²) in [6.07, 6.45) is 0.955. The Balaban J connectivity index is 2.22. The molecule has 0 aliphatic rings. The topological polar surface area (TPSA) is 29.9 Å². The lowest BCUT2D eigenvalue weighted by atomic mass is 10.1. The van der Waals surface area contributed by atoms with Crippen LogP contribution >= 0.6 is 0 Å². The minimum Gasteiger partial charge on any atom is -0.314 e. The van der Waals surface area contributed by atoms with Crippen LogP contribution in [0.1, 0.15) is 30.8 Å². The summed E-state index contributed by atoms with van der Waals surface area (Å²) in [5, 5.41) is 7.99. The van der Waals surface area contributed by atoms with E-state index in [0.29, 0.717) is 6.04 Å². The Morgan fingerprint density at radius 2 is 1.85 bits per heavy atom. The average Bonchev–Trinajstić information content (AvgIpc) is 2.67. The number of aryl methyl sites for hydroxylation is 1. The van der Waals surface area contributed by atoms with Gasteiger partial charge in [-0.2, -0.15) is 5.10 Å². The maximum atomic E-state index is 13.0. The Morgan fingerprint density at radius 3 is 2.45 bits per heavy atom. The molecule has 0 radical (unpaired) electrons. The van der Waals surface area contributed by atoms with Crippen LogP contribution in [-0.2, 0) is 6.42 Å². The van der Waals surface area contributed by atoms with Crippen molar-refractivity contribution in [3.05, 3.63) is 47.0 Å². The average molecular weight is 275 g/mol. The number of hydrogen-bond acceptors (Lipinski definition) is 2. The third-order valence-electron chi connectivity index (χ3n) is 3.44. The van der Waals surface area contributed by atoms with Crippen molar-refractivity contribution in [2.45, 2.75) is 40.2 Å². The van der Waals surface area contributed by atoms with Crippen molar-refractivity contribution in [3.63, 3.8) is 0 Å². The van der Waals surface area contributed by atoms with Crippen LogP contribution in [0.5, 0.6) is 0 Å². The smallest absolute Gasteiger partial charge is 0.123 e. The van der Waals surface area contributed by atoms with Gasteiger partial charge in [-0.05, 0) is 56.6 Å². The molecule has 0 unspecified atom stereocenters. The van der Waals surface area contributed by atoms with Gasteiger partial charge >= 0.3 is 0 Å². The maximum Gasteiger partial charge on any atom is 0.123 e. The van der Waals surface area contributed by atoms with Gasteiger partial charge in [-0.15, -0.1) is 0 Å². The number of nitrogens with zero attached hydrogens (tertiary/aromatic N) is 2. The van der Waals surface area contributed by atoms with Crippen molar-refractivity contribution >= 4 is 0 Å². The number of halogens is 1. The monoisotopic (exact) mass is 275 g/mol. The van der Waals surface area contributed by atoms with E-state index in [1.165, 1.54) is 17.7 Å². The quantitative estimate of drug-likeness (QED) is 0.908. The first kappa shape index (κ1) is 14.7. The normalized spacial score (nSPS) is 11.3. The predicted octanol–water partition coefficient (Wildman–Crippen LogP) is 3.17. The van der Waals surface area contributed by atoms with Crippen LogP contribution in [0.4, 0.5) is 4.39 Å². The highest BCUT2D eigenvalue weighted by Gasteiger charge is 2.12. The van der Waals surface area contributed by atoms with Crippen LogP contribution in [0.3, 0.4) is 0 Å². The second-order valence-corrected chi connectivity index (χ2v) is 5.40. The Hall–Kier alpha value is -1.68. The molecular formula is C16H22FN3. The van der Waals surface area contributed by atoms with Gasteiger partial charge in [0.2, 0.25) is 0 Å². The molecule has 4 heteroatoms. The molecule has 20 heavy (non-hydrogen) atoms. The highest BCUT2D eigenvalue weighted by molar-refractivity contribution is 5.37. The molecule has 0 saturated heterocycles. The maximum absolute atomic E-state index is 13.0. The lowest BCUT2D eigenvalue weighted by Gasteiger charge is -2.08. The van der Waals surface area contributed by atoms with Crippen molar-refractivity contribution < 1.29 is 4.39 Å². The molecule has 2 aromatic rings. The molecular weight excluding hydrogens is 253 g/mol. The number of hydrogen-bond donors (Lipinski definition) is 1. The van der Waals surface area contributed by atoms with Crippen molar-refractivity contribution in [2.75, 3.05) is 6.54 Å². The van der Waals surface area contributed by atoms with Crippen LogP contribution < -0.4 is 5.32 Å². The first-order chi connectivity index (χ1) is 9.49. The minimum atomic E-state index is -0.225. The highest BCUT2D eigenvalue weighted by atomic mass is 19.1. The third-order valence-corrected chi connectivity index (χ3v) is 3.44. The molecule has 0 saturated carbocycles. The van der Waals surface area contributed by atoms with Gasteiger partial charge in [0.25, 0.3) is 0 Å². The van der Waals surface area contributed by atoms with E-state index in [4.69, 9.17) is 0 Å². The first-order valence-electron chi connectivity index (χ1n) is 7.03. The van der Waals surface area contributed by atoms with Crippen molar-refractivity contribution in [1.82, 2.24) is 15.1 Å². The fourth-order valence-electron chi connectivity index (χ4n) is 2.36. The summed E-state index contributed by atoms with van der Waals surface area (Å²) < 4.78 is 14.9. The van der Waals surface area contributed by atoms with Gasteiger partial charge in [0.15, 0.2) is 0 Å². The number of aromatic nitrogens is 2. The summed E-state index contributed by atoms with van der Waals surface area (Å²) in [4.78, 5) is 0. The third kappa shape index (κ3) is 3.25. The number of nitrogens with one attached hydrogen (secondary N) is 1. The van der Waals surface area contributed by atoms with E-state index in [2.05, 4.69) is 31.2 Å². The Kier molecular flexibility index (Phi) is 4.55. The van der Waals surface area contributed by atoms with E-state index in [0.717, 1.165) is 30.0 Å². The summed E-state index contributed by atoms with van der Waals surface area (Å²) in [5.74, 6) is -0.225. The van der Waals surface area contributed by atoms with Gasteiger partial charge in [0.05, 0.1) is 11.4 Å². The Morgan fingerprint density at radius 1 is 1.20 bits per heavy atom. The molecule has 1 aromatic heterocycles. The van der Waals surface area contributed by atoms with E-state index in [1.807, 2.05) is 11.6 Å². The Labute approximate surface area is 119 Å². The molecule has 0 aliphatic heterocycles. The molecule has 1 N–H and O–H groups in total. The van der Waals surface area contributed by atoms with E-state index in [-0.39, 0.29) is 5.82 Å². The lowest BCUT2D eigenvalue weighted by molar-refractivity contribution is 0.589. The van der Waals surface area contributed by atoms with Crippen molar-refractivity contribution in [2.24, 2.45) is 0 Å². The van der Waals surface area contributed by atoms with Crippen molar-refractivity contribution in [1.29, 1.82) is 0 Å². The van der Waals surface area contributed by atoms with Gasteiger partial charge in [0.1, 0.15) is 5.82 Å². The molecule has 0 aliphatic carbocycles. The minimum absolute atomic E-state index is 0.225. The molecule has 0 bridgehead atoms. The van der Waals surface area contributed by atoms with Gasteiger partial charge in [-0.25, -0.2) is 9.07 Å². The van der Waals surface area contributed by atoms with Crippen molar-refractivity contribution in [3.8, 4) is 5.69 Å². The Bertz CT molecular complexity index is 570. The summed E-state index contributed by atoms with van der Waals surface area (Å²) in [6, 6.07) is 6.93. The summed E-state index contributed by atoms with van der Waals surface area (Å²) in [5.41, 5.74) is 4.33. The summed E-state index contributed by atoms with van der Waals surface area (Å²) in [6.45, 7) is 9.31. The summed E-state index contributed by atoms with van der Waals surface area (Å²) in [7, 11) is 0. The standard InChI is InChI=1S/C16H22FN3/c1-11(2)18-10-9-16-12(3)19-20(13(16)4)15-7-5-14(17)6-8-15/h5-8,11,18H,9-10H2,1-4H3. The zero-order valence-corrected chi connectivity index (χ0v) is 12.6. The van der Waals surface area contributed by atoms with Crippen LogP contribution in [0.2, 0.25) is 0 Å². The van der Waals surface area contributed by atoms with E-state index >= 15 is 0 Å². The zero-order valence-electron chi connectivity index (χ0n) is 12.6.